The molecular weight excluding hydrogens is 253 g/mol. The monoisotopic (exact) mass is 267 g/mol. The summed E-state index contributed by atoms with van der Waals surface area (Å²) in [6.07, 6.45) is 1.74. The highest BCUT2D eigenvalue weighted by Gasteiger charge is 2.08. The molecule has 0 amide bonds. The van der Waals surface area contributed by atoms with Gasteiger partial charge in [-0.05, 0) is 24.6 Å². The summed E-state index contributed by atoms with van der Waals surface area (Å²) in [5, 5.41) is 3.86. The number of aromatic nitrogens is 2. The maximum absolute atomic E-state index is 13.1. The Balaban J connectivity index is 1.99. The molecule has 2 N–H and O–H groups in total. The Hall–Kier alpha value is -1.56. The van der Waals surface area contributed by atoms with Crippen molar-refractivity contribution in [2.24, 2.45) is 0 Å². The Morgan fingerprint density at radius 2 is 2.28 bits per heavy atom. The van der Waals surface area contributed by atoms with E-state index in [0.29, 0.717) is 28.1 Å². The van der Waals surface area contributed by atoms with Crippen LogP contribution in [0.5, 0.6) is 0 Å². The number of aryl methyl sites for hydroxylation is 1. The highest BCUT2D eigenvalue weighted by atomic mass is 32.2. The fourth-order valence-corrected chi connectivity index (χ4v) is 2.27. The molecule has 1 aromatic carbocycles. The van der Waals surface area contributed by atoms with Crippen molar-refractivity contribution in [1.29, 1.82) is 0 Å². The molecule has 0 saturated carbocycles. The largest absolute Gasteiger partial charge is 0.398 e. The summed E-state index contributed by atoms with van der Waals surface area (Å²) in [6.45, 7) is 2.05. The number of nitrogens with zero attached hydrogens (tertiary/aromatic N) is 2. The molecule has 1 aromatic heterocycles. The lowest BCUT2D eigenvalue weighted by molar-refractivity contribution is 0.373. The van der Waals surface area contributed by atoms with Gasteiger partial charge in [0.1, 0.15) is 5.82 Å². The van der Waals surface area contributed by atoms with Crippen LogP contribution in [0.1, 0.15) is 25.1 Å². The van der Waals surface area contributed by atoms with Crippen LogP contribution in [0.4, 0.5) is 10.1 Å². The lowest BCUT2D eigenvalue weighted by Gasteiger charge is -2.02. The molecule has 0 bridgehead atoms. The van der Waals surface area contributed by atoms with Crippen molar-refractivity contribution in [3.63, 3.8) is 0 Å². The van der Waals surface area contributed by atoms with Gasteiger partial charge in [-0.1, -0.05) is 12.1 Å². The highest BCUT2D eigenvalue weighted by Crippen LogP contribution is 2.28. The van der Waals surface area contributed by atoms with Crippen molar-refractivity contribution < 1.29 is 8.91 Å². The number of nitrogen functional groups attached to an aromatic ring is 1. The normalized spacial score (nSPS) is 10.8. The van der Waals surface area contributed by atoms with Crippen LogP contribution in [0.3, 0.4) is 0 Å². The maximum Gasteiger partial charge on any atom is 0.226 e. The zero-order chi connectivity index (χ0) is 13.0. The van der Waals surface area contributed by atoms with Crippen LogP contribution in [0, 0.1) is 5.82 Å². The molecule has 0 spiro atoms. The van der Waals surface area contributed by atoms with E-state index in [1.54, 1.807) is 6.07 Å². The molecule has 0 radical (unpaired) electrons. The van der Waals surface area contributed by atoms with Gasteiger partial charge in [0.2, 0.25) is 5.89 Å². The van der Waals surface area contributed by atoms with Crippen LogP contribution in [0.25, 0.3) is 0 Å². The minimum atomic E-state index is -0.300. The van der Waals surface area contributed by atoms with Crippen molar-refractivity contribution >= 4 is 17.4 Å². The van der Waals surface area contributed by atoms with Crippen LogP contribution in [0.2, 0.25) is 0 Å². The predicted octanol–water partition coefficient (Wildman–Crippen LogP) is 3.04. The Kier molecular flexibility index (Phi) is 4.19. The van der Waals surface area contributed by atoms with E-state index in [1.807, 2.05) is 6.92 Å². The average molecular weight is 267 g/mol. The molecule has 0 aliphatic carbocycles. The maximum atomic E-state index is 13.1. The zero-order valence-corrected chi connectivity index (χ0v) is 10.8. The van der Waals surface area contributed by atoms with Gasteiger partial charge in [0, 0.05) is 17.0 Å². The fraction of sp³-hybridized carbons (Fsp3) is 0.333. The van der Waals surface area contributed by atoms with E-state index in [1.165, 1.54) is 23.9 Å². The predicted molar refractivity (Wildman–Crippen MR) is 68.7 cm³/mol. The summed E-state index contributed by atoms with van der Waals surface area (Å²) in [7, 11) is 0. The van der Waals surface area contributed by atoms with Gasteiger partial charge in [0.25, 0.3) is 0 Å². The van der Waals surface area contributed by atoms with Crippen LogP contribution < -0.4 is 5.73 Å². The van der Waals surface area contributed by atoms with Crippen molar-refractivity contribution in [2.75, 3.05) is 5.73 Å². The Bertz CT molecular complexity index is 530. The number of halogens is 1. The first-order chi connectivity index (χ1) is 8.69. The minimum absolute atomic E-state index is 0.300. The third kappa shape index (κ3) is 3.22. The average Bonchev–Trinajstić information content (AvgIpc) is 2.79. The molecule has 0 saturated heterocycles. The summed E-state index contributed by atoms with van der Waals surface area (Å²) < 4.78 is 18.1. The quantitative estimate of drug-likeness (QED) is 0.666. The Labute approximate surface area is 109 Å². The van der Waals surface area contributed by atoms with Gasteiger partial charge in [0.15, 0.2) is 5.82 Å². The zero-order valence-electron chi connectivity index (χ0n) is 10.0. The van der Waals surface area contributed by atoms with E-state index in [0.717, 1.165) is 12.8 Å². The standard InChI is InChI=1S/C12H14FN3OS/c1-2-3-12-15-11(16-17-12)7-18-10-6-8(13)4-5-9(10)14/h4-6H,2-3,7,14H2,1H3. The number of benzene rings is 1. The Morgan fingerprint density at radius 3 is 3.06 bits per heavy atom. The van der Waals surface area contributed by atoms with Gasteiger partial charge in [-0.3, -0.25) is 0 Å². The van der Waals surface area contributed by atoms with E-state index in [2.05, 4.69) is 10.1 Å². The van der Waals surface area contributed by atoms with E-state index in [9.17, 15) is 4.39 Å². The molecule has 0 unspecified atom stereocenters. The molecule has 0 atom stereocenters. The van der Waals surface area contributed by atoms with Crippen molar-refractivity contribution in [3.8, 4) is 0 Å². The third-order valence-electron chi connectivity index (χ3n) is 2.31. The number of nitrogens with two attached hydrogens (primary N) is 1. The van der Waals surface area contributed by atoms with Gasteiger partial charge in [-0.15, -0.1) is 11.8 Å². The number of anilines is 1. The molecule has 2 aromatic rings. The SMILES string of the molecule is CCCc1nc(CSc2cc(F)ccc2N)no1. The summed E-state index contributed by atoms with van der Waals surface area (Å²) in [4.78, 5) is 4.93. The second-order valence-electron chi connectivity index (χ2n) is 3.83. The van der Waals surface area contributed by atoms with Crippen molar-refractivity contribution in [3.05, 3.63) is 35.7 Å². The Morgan fingerprint density at radius 1 is 1.44 bits per heavy atom. The fourth-order valence-electron chi connectivity index (χ4n) is 1.44. The molecule has 18 heavy (non-hydrogen) atoms. The molecule has 4 nitrogen and oxygen atoms in total. The summed E-state index contributed by atoms with van der Waals surface area (Å²) >= 11 is 1.40. The summed E-state index contributed by atoms with van der Waals surface area (Å²) in [5.74, 6) is 1.46. The molecule has 0 aliphatic heterocycles. The first-order valence-electron chi connectivity index (χ1n) is 5.68. The third-order valence-corrected chi connectivity index (χ3v) is 3.37. The van der Waals surface area contributed by atoms with E-state index in [4.69, 9.17) is 10.3 Å². The van der Waals surface area contributed by atoms with Crippen molar-refractivity contribution in [2.45, 2.75) is 30.4 Å². The van der Waals surface area contributed by atoms with Gasteiger partial charge >= 0.3 is 0 Å². The topological polar surface area (TPSA) is 64.9 Å². The number of thioether (sulfide) groups is 1. The van der Waals surface area contributed by atoms with Crippen LogP contribution in [0.15, 0.2) is 27.6 Å². The van der Waals surface area contributed by atoms with Crippen LogP contribution in [-0.2, 0) is 12.2 Å². The molecule has 6 heteroatoms. The smallest absolute Gasteiger partial charge is 0.226 e. The van der Waals surface area contributed by atoms with E-state index < -0.39 is 0 Å². The second kappa shape index (κ2) is 5.86. The first-order valence-corrected chi connectivity index (χ1v) is 6.67. The number of rotatable bonds is 5. The minimum Gasteiger partial charge on any atom is -0.398 e. The molecular formula is C12H14FN3OS. The molecule has 96 valence electrons. The molecule has 2 rings (SSSR count). The lowest BCUT2D eigenvalue weighted by atomic mass is 10.3. The number of hydrogen-bond donors (Lipinski definition) is 1. The second-order valence-corrected chi connectivity index (χ2v) is 4.84. The van der Waals surface area contributed by atoms with Gasteiger partial charge in [-0.25, -0.2) is 4.39 Å². The van der Waals surface area contributed by atoms with Crippen LogP contribution >= 0.6 is 11.8 Å². The van der Waals surface area contributed by atoms with Crippen LogP contribution in [-0.4, -0.2) is 10.1 Å². The number of hydrogen-bond acceptors (Lipinski definition) is 5. The first kappa shape index (κ1) is 12.9. The van der Waals surface area contributed by atoms with Gasteiger partial charge < -0.3 is 10.3 Å². The van der Waals surface area contributed by atoms with E-state index in [-0.39, 0.29) is 5.82 Å². The van der Waals surface area contributed by atoms with Gasteiger partial charge in [0.05, 0.1) is 5.75 Å². The molecule has 1 heterocycles. The molecule has 0 aliphatic rings. The highest BCUT2D eigenvalue weighted by molar-refractivity contribution is 7.98. The van der Waals surface area contributed by atoms with E-state index >= 15 is 0 Å². The summed E-state index contributed by atoms with van der Waals surface area (Å²) in [5.41, 5.74) is 6.31. The summed E-state index contributed by atoms with van der Waals surface area (Å²) in [6, 6.07) is 4.30. The lowest BCUT2D eigenvalue weighted by Crippen LogP contribution is -1.91. The van der Waals surface area contributed by atoms with Crippen molar-refractivity contribution in [1.82, 2.24) is 10.1 Å². The molecule has 0 fully saturated rings. The van der Waals surface area contributed by atoms with Gasteiger partial charge in [-0.2, -0.15) is 4.98 Å².